The number of carbonyl (C=O) groups excluding carboxylic acids is 1. The van der Waals surface area contributed by atoms with Gasteiger partial charge in [-0.15, -0.1) is 0 Å². The van der Waals surface area contributed by atoms with Gasteiger partial charge in [0.2, 0.25) is 5.88 Å². The van der Waals surface area contributed by atoms with Crippen LogP contribution in [0, 0.1) is 25.2 Å². The lowest BCUT2D eigenvalue weighted by atomic mass is 10.0. The minimum absolute atomic E-state index is 0.139. The first-order valence-electron chi connectivity index (χ1n) is 7.56. The zero-order chi connectivity index (χ0) is 18.1. The number of amides is 1. The largest absolute Gasteiger partial charge is 0.480 e. The van der Waals surface area contributed by atoms with Crippen LogP contribution in [0.5, 0.6) is 5.88 Å². The second-order valence-electron chi connectivity index (χ2n) is 5.64. The fourth-order valence-electron chi connectivity index (χ4n) is 2.68. The zero-order valence-corrected chi connectivity index (χ0v) is 14.7. The molecule has 0 saturated heterocycles. The monoisotopic (exact) mass is 354 g/mol. The van der Waals surface area contributed by atoms with Gasteiger partial charge >= 0.3 is 0 Å². The number of hydrogen-bond donors (Lipinski definition) is 1. The highest BCUT2D eigenvalue weighted by Gasteiger charge is 2.21. The third-order valence-corrected chi connectivity index (χ3v) is 4.54. The van der Waals surface area contributed by atoms with Crippen LogP contribution >= 0.6 is 11.6 Å². The molecule has 1 aromatic heterocycles. The number of anilines is 1. The summed E-state index contributed by atoms with van der Waals surface area (Å²) in [6, 6.07) is 7.52. The number of ether oxygens (including phenoxy) is 1. The lowest BCUT2D eigenvalue weighted by molar-refractivity contribution is 0.102. The Kier molecular flexibility index (Phi) is 4.43. The molecule has 0 aliphatic carbocycles. The predicted octanol–water partition coefficient (Wildman–Crippen LogP) is 3.33. The molecule has 0 fully saturated rings. The summed E-state index contributed by atoms with van der Waals surface area (Å²) >= 11 is 6.07. The van der Waals surface area contributed by atoms with E-state index in [0.29, 0.717) is 34.1 Å². The molecule has 0 unspecified atom stereocenters. The Labute approximate surface area is 150 Å². The van der Waals surface area contributed by atoms with Gasteiger partial charge in [0.05, 0.1) is 13.7 Å². The molecular formula is C18H15ClN4O2. The minimum Gasteiger partial charge on any atom is -0.480 e. The van der Waals surface area contributed by atoms with E-state index in [1.54, 1.807) is 26.0 Å². The molecular weight excluding hydrogens is 340 g/mol. The number of aliphatic imine (C=N–C) groups is 1. The third kappa shape index (κ3) is 2.94. The summed E-state index contributed by atoms with van der Waals surface area (Å²) in [7, 11) is 1.42. The number of aromatic nitrogens is 1. The van der Waals surface area contributed by atoms with E-state index in [0.717, 1.165) is 11.1 Å². The van der Waals surface area contributed by atoms with Gasteiger partial charge in [-0.3, -0.25) is 9.79 Å². The molecule has 0 spiro atoms. The Balaban J connectivity index is 1.95. The van der Waals surface area contributed by atoms with Crippen LogP contribution < -0.4 is 10.1 Å². The molecule has 2 heterocycles. The van der Waals surface area contributed by atoms with E-state index in [9.17, 15) is 10.1 Å². The average Bonchev–Trinajstić information content (AvgIpc) is 2.97. The highest BCUT2D eigenvalue weighted by Crippen LogP contribution is 2.27. The van der Waals surface area contributed by atoms with Crippen molar-refractivity contribution in [3.8, 4) is 11.9 Å². The van der Waals surface area contributed by atoms with Crippen molar-refractivity contribution in [3.63, 3.8) is 0 Å². The molecule has 7 heteroatoms. The van der Waals surface area contributed by atoms with Crippen LogP contribution in [-0.4, -0.2) is 23.2 Å². The predicted molar refractivity (Wildman–Crippen MR) is 95.5 cm³/mol. The Morgan fingerprint density at radius 3 is 2.80 bits per heavy atom. The van der Waals surface area contributed by atoms with Crippen LogP contribution in [0.25, 0.3) is 0 Å². The number of halogens is 1. The summed E-state index contributed by atoms with van der Waals surface area (Å²) in [5.41, 5.74) is 4.29. The molecule has 1 aliphatic rings. The molecule has 126 valence electrons. The number of nitrogens with one attached hydrogen (secondary N) is 1. The summed E-state index contributed by atoms with van der Waals surface area (Å²) < 4.78 is 5.14. The normalized spacial score (nSPS) is 12.2. The molecule has 0 saturated carbocycles. The third-order valence-electron chi connectivity index (χ3n) is 4.22. The van der Waals surface area contributed by atoms with Crippen LogP contribution in [0.3, 0.4) is 0 Å². The fraction of sp³-hybridized carbons (Fsp3) is 0.222. The summed E-state index contributed by atoms with van der Waals surface area (Å²) in [5.74, 6) is -0.241. The number of fused-ring (bicyclic) bond motifs is 1. The van der Waals surface area contributed by atoms with Crippen LogP contribution in [0.15, 0.2) is 23.2 Å². The van der Waals surface area contributed by atoms with E-state index < -0.39 is 0 Å². The zero-order valence-electron chi connectivity index (χ0n) is 14.0. The molecule has 1 N–H and O–H groups in total. The van der Waals surface area contributed by atoms with Crippen LogP contribution in [0.1, 0.15) is 38.3 Å². The van der Waals surface area contributed by atoms with E-state index >= 15 is 0 Å². The first-order chi connectivity index (χ1) is 12.0. The van der Waals surface area contributed by atoms with Crippen molar-refractivity contribution >= 4 is 28.4 Å². The van der Waals surface area contributed by atoms with Crippen molar-refractivity contribution in [2.45, 2.75) is 20.4 Å². The number of hydrogen-bond acceptors (Lipinski definition) is 5. The Hall–Kier alpha value is -2.91. The molecule has 6 nitrogen and oxygen atoms in total. The second kappa shape index (κ2) is 6.54. The quantitative estimate of drug-likeness (QED) is 0.915. The van der Waals surface area contributed by atoms with E-state index in [-0.39, 0.29) is 17.5 Å². The fourth-order valence-corrected chi connectivity index (χ4v) is 2.92. The number of pyridine rings is 1. The maximum absolute atomic E-state index is 12.7. The molecule has 1 amide bonds. The number of nitrogens with zero attached hydrogens (tertiary/aromatic N) is 3. The maximum Gasteiger partial charge on any atom is 0.274 e. The van der Waals surface area contributed by atoms with E-state index in [2.05, 4.69) is 21.4 Å². The van der Waals surface area contributed by atoms with Gasteiger partial charge in [-0.25, -0.2) is 4.98 Å². The second-order valence-corrected chi connectivity index (χ2v) is 6.00. The van der Waals surface area contributed by atoms with E-state index in [4.69, 9.17) is 16.3 Å². The molecule has 0 atom stereocenters. The van der Waals surface area contributed by atoms with Gasteiger partial charge in [0.1, 0.15) is 22.5 Å². The van der Waals surface area contributed by atoms with Crippen molar-refractivity contribution in [2.75, 3.05) is 12.4 Å². The molecule has 3 rings (SSSR count). The molecule has 1 aliphatic heterocycles. The van der Waals surface area contributed by atoms with Crippen molar-refractivity contribution in [2.24, 2.45) is 4.99 Å². The highest BCUT2D eigenvalue weighted by atomic mass is 35.5. The molecule has 0 radical (unpaired) electrons. The summed E-state index contributed by atoms with van der Waals surface area (Å²) in [5, 5.41) is 12.5. The number of rotatable bonds is 3. The summed E-state index contributed by atoms with van der Waals surface area (Å²) in [4.78, 5) is 21.0. The standard InChI is InChI=1S/C18H15ClN4O2/c1-9-10(2)15(23-18(25-3)14(9)7-20)17(24)22-12-5-4-11-8-21-16(19)13(11)6-12/h4-6H,8H2,1-3H3,(H,22,24). The van der Waals surface area contributed by atoms with Crippen molar-refractivity contribution < 1.29 is 9.53 Å². The minimum atomic E-state index is -0.380. The Bertz CT molecular complexity index is 961. The lowest BCUT2D eigenvalue weighted by Gasteiger charge is -2.13. The highest BCUT2D eigenvalue weighted by molar-refractivity contribution is 6.70. The topological polar surface area (TPSA) is 87.4 Å². The molecule has 2 aromatic rings. The lowest BCUT2D eigenvalue weighted by Crippen LogP contribution is -2.17. The van der Waals surface area contributed by atoms with Gasteiger partial charge in [-0.1, -0.05) is 17.7 Å². The van der Waals surface area contributed by atoms with Gasteiger partial charge in [0, 0.05) is 11.3 Å². The van der Waals surface area contributed by atoms with E-state index in [1.807, 2.05) is 6.07 Å². The average molecular weight is 355 g/mol. The van der Waals surface area contributed by atoms with Crippen molar-refractivity contribution in [1.82, 2.24) is 4.98 Å². The van der Waals surface area contributed by atoms with Crippen LogP contribution in [0.2, 0.25) is 0 Å². The number of benzene rings is 1. The number of methoxy groups -OCH3 is 1. The van der Waals surface area contributed by atoms with Crippen molar-refractivity contribution in [3.05, 3.63) is 51.7 Å². The Morgan fingerprint density at radius 2 is 2.12 bits per heavy atom. The van der Waals surface area contributed by atoms with E-state index in [1.165, 1.54) is 7.11 Å². The summed E-state index contributed by atoms with van der Waals surface area (Å²) in [6.07, 6.45) is 0. The summed E-state index contributed by atoms with van der Waals surface area (Å²) in [6.45, 7) is 4.07. The Morgan fingerprint density at radius 1 is 1.36 bits per heavy atom. The SMILES string of the molecule is COc1nc(C(=O)Nc2ccc3c(c2)C(Cl)=NC3)c(C)c(C)c1C#N. The van der Waals surface area contributed by atoms with Crippen LogP contribution in [-0.2, 0) is 6.54 Å². The first-order valence-corrected chi connectivity index (χ1v) is 7.94. The number of nitriles is 1. The van der Waals surface area contributed by atoms with Gasteiger partial charge in [-0.2, -0.15) is 5.26 Å². The van der Waals surface area contributed by atoms with Gasteiger partial charge in [-0.05, 0) is 42.7 Å². The number of carbonyl (C=O) groups is 1. The van der Waals surface area contributed by atoms with Gasteiger partial charge < -0.3 is 10.1 Å². The first kappa shape index (κ1) is 16.9. The molecule has 0 bridgehead atoms. The van der Waals surface area contributed by atoms with Gasteiger partial charge in [0.25, 0.3) is 5.91 Å². The van der Waals surface area contributed by atoms with Gasteiger partial charge in [0.15, 0.2) is 0 Å². The van der Waals surface area contributed by atoms with Crippen LogP contribution in [0.4, 0.5) is 5.69 Å². The molecule has 1 aromatic carbocycles. The van der Waals surface area contributed by atoms with Crippen molar-refractivity contribution in [1.29, 1.82) is 5.26 Å². The smallest absolute Gasteiger partial charge is 0.274 e. The maximum atomic E-state index is 12.7. The molecule has 25 heavy (non-hydrogen) atoms.